The quantitative estimate of drug-likeness (QED) is 0.293. The molecule has 7 heteroatoms. The van der Waals surface area contributed by atoms with E-state index in [0.29, 0.717) is 22.6 Å². The third-order valence-electron chi connectivity index (χ3n) is 4.56. The summed E-state index contributed by atoms with van der Waals surface area (Å²) in [4.78, 5) is 17.2. The van der Waals surface area contributed by atoms with Crippen LogP contribution in [0.3, 0.4) is 0 Å². The molecule has 0 atom stereocenters. The molecular formula is C21H16ClIN4O. The average Bonchev–Trinajstić information content (AvgIpc) is 3.13. The molecule has 2 heterocycles. The molecular weight excluding hydrogens is 487 g/mol. The van der Waals surface area contributed by atoms with Gasteiger partial charge in [0.1, 0.15) is 5.52 Å². The number of para-hydroxylation sites is 1. The Kier molecular flexibility index (Phi) is 5.32. The number of hydrogen-bond acceptors (Lipinski definition) is 3. The van der Waals surface area contributed by atoms with Crippen LogP contribution in [0.5, 0.6) is 0 Å². The maximum Gasteiger partial charge on any atom is 0.265 e. The molecule has 1 N–H and O–H groups in total. The molecule has 140 valence electrons. The molecule has 0 saturated heterocycles. The fourth-order valence-corrected chi connectivity index (χ4v) is 3.90. The van der Waals surface area contributed by atoms with Gasteiger partial charge in [0.2, 0.25) is 0 Å². The van der Waals surface area contributed by atoms with Gasteiger partial charge in [-0.1, -0.05) is 35.9 Å². The molecule has 0 bridgehead atoms. The first-order chi connectivity index (χ1) is 13.5. The van der Waals surface area contributed by atoms with Crippen molar-refractivity contribution in [1.82, 2.24) is 18.3 Å². The van der Waals surface area contributed by atoms with Crippen molar-refractivity contribution >= 4 is 51.3 Å². The van der Waals surface area contributed by atoms with Crippen LogP contribution in [0.1, 0.15) is 21.5 Å². The van der Waals surface area contributed by atoms with Gasteiger partial charge in [-0.05, 0) is 42.3 Å². The number of nitrogens with zero attached hydrogens (tertiary/aromatic N) is 3. The molecule has 5 nitrogen and oxygen atoms in total. The second-order valence-corrected chi connectivity index (χ2v) is 8.04. The lowest BCUT2D eigenvalue weighted by molar-refractivity contribution is 0.0885. The van der Waals surface area contributed by atoms with E-state index < -0.39 is 0 Å². The lowest BCUT2D eigenvalue weighted by atomic mass is 10.0. The van der Waals surface area contributed by atoms with Crippen LogP contribution in [-0.2, 0) is 6.54 Å². The Morgan fingerprint density at radius 3 is 2.71 bits per heavy atom. The predicted octanol–water partition coefficient (Wildman–Crippen LogP) is 5.58. The molecule has 0 unspecified atom stereocenters. The van der Waals surface area contributed by atoms with Gasteiger partial charge in [0.05, 0.1) is 40.7 Å². The summed E-state index contributed by atoms with van der Waals surface area (Å²) in [5.74, 6) is -0.0920. The molecule has 0 aliphatic rings. The Morgan fingerprint density at radius 1 is 1.18 bits per heavy atom. The van der Waals surface area contributed by atoms with Crippen LogP contribution in [0.2, 0.25) is 5.02 Å². The number of amides is 1. The topological polar surface area (TPSA) is 61.9 Å². The zero-order valence-electron chi connectivity index (χ0n) is 15.0. The molecule has 0 fully saturated rings. The van der Waals surface area contributed by atoms with E-state index in [1.54, 1.807) is 9.31 Å². The van der Waals surface area contributed by atoms with Crippen molar-refractivity contribution < 1.29 is 4.79 Å². The number of fused-ring (bicyclic) bond motifs is 1. The van der Waals surface area contributed by atoms with Crippen LogP contribution in [-0.4, -0.2) is 24.2 Å². The van der Waals surface area contributed by atoms with Gasteiger partial charge in [-0.15, -0.1) is 0 Å². The van der Waals surface area contributed by atoms with E-state index in [1.165, 1.54) is 0 Å². The summed E-state index contributed by atoms with van der Waals surface area (Å²) in [6, 6.07) is 15.1. The largest absolute Gasteiger partial charge is 0.277 e. The Hall–Kier alpha value is -2.45. The summed E-state index contributed by atoms with van der Waals surface area (Å²) in [6.45, 7) is 2.48. The van der Waals surface area contributed by atoms with Crippen molar-refractivity contribution in [3.8, 4) is 11.3 Å². The first-order valence-corrected chi connectivity index (χ1v) is 9.99. The minimum atomic E-state index is -0.0920. The van der Waals surface area contributed by atoms with Crippen LogP contribution in [0.4, 0.5) is 0 Å². The normalized spacial score (nSPS) is 11.0. The number of aromatic amines is 1. The lowest BCUT2D eigenvalue weighted by Crippen LogP contribution is -2.20. The Bertz CT molecular complexity index is 1160. The molecule has 2 aromatic heterocycles. The highest BCUT2D eigenvalue weighted by atomic mass is 127. The summed E-state index contributed by atoms with van der Waals surface area (Å²) in [6.07, 6.45) is 3.57. The first-order valence-electron chi connectivity index (χ1n) is 8.65. The highest BCUT2D eigenvalue weighted by molar-refractivity contribution is 14.1. The van der Waals surface area contributed by atoms with Crippen molar-refractivity contribution in [2.75, 3.05) is 0 Å². The van der Waals surface area contributed by atoms with E-state index in [4.69, 9.17) is 11.6 Å². The number of rotatable bonds is 4. The number of benzene rings is 2. The van der Waals surface area contributed by atoms with Crippen LogP contribution in [0.25, 0.3) is 22.2 Å². The molecule has 0 aliphatic carbocycles. The average molecular weight is 503 g/mol. The zero-order valence-corrected chi connectivity index (χ0v) is 17.9. The smallest absolute Gasteiger partial charge is 0.265 e. The molecule has 0 saturated carbocycles. The number of H-pyrrole nitrogens is 1. The summed E-state index contributed by atoms with van der Waals surface area (Å²) in [5.41, 5.74) is 5.20. The number of carbonyl (C=O) groups is 1. The maximum absolute atomic E-state index is 13.1. The second-order valence-electron chi connectivity index (χ2n) is 6.44. The van der Waals surface area contributed by atoms with E-state index >= 15 is 0 Å². The van der Waals surface area contributed by atoms with Gasteiger partial charge in [0.15, 0.2) is 0 Å². The zero-order chi connectivity index (χ0) is 19.7. The Morgan fingerprint density at radius 2 is 1.96 bits per heavy atom. The monoisotopic (exact) mass is 502 g/mol. The lowest BCUT2D eigenvalue weighted by Gasteiger charge is -2.15. The van der Waals surface area contributed by atoms with Gasteiger partial charge in [0, 0.05) is 28.4 Å². The van der Waals surface area contributed by atoms with Gasteiger partial charge in [-0.25, -0.2) is 0 Å². The SMILES string of the molecule is Cc1cnccc1-c1[nH]nc2c(C(=O)N(I)Cc3ccc(Cl)cc3)cccc12. The number of nitrogens with one attached hydrogen (secondary N) is 1. The predicted molar refractivity (Wildman–Crippen MR) is 119 cm³/mol. The van der Waals surface area contributed by atoms with Crippen LogP contribution in [0.15, 0.2) is 60.9 Å². The molecule has 28 heavy (non-hydrogen) atoms. The molecule has 0 aliphatic heterocycles. The molecule has 2 aromatic carbocycles. The van der Waals surface area contributed by atoms with Gasteiger partial charge in [0.25, 0.3) is 5.91 Å². The van der Waals surface area contributed by atoms with E-state index in [2.05, 4.69) is 15.2 Å². The number of pyridine rings is 1. The highest BCUT2D eigenvalue weighted by Crippen LogP contribution is 2.30. The van der Waals surface area contributed by atoms with E-state index in [-0.39, 0.29) is 5.91 Å². The highest BCUT2D eigenvalue weighted by Gasteiger charge is 2.20. The molecule has 0 spiro atoms. The number of hydrogen-bond donors (Lipinski definition) is 1. The van der Waals surface area contributed by atoms with Crippen LogP contribution in [0, 0.1) is 6.92 Å². The van der Waals surface area contributed by atoms with E-state index in [0.717, 1.165) is 27.8 Å². The van der Waals surface area contributed by atoms with Gasteiger partial charge in [-0.3, -0.25) is 18.0 Å². The van der Waals surface area contributed by atoms with E-state index in [9.17, 15) is 4.79 Å². The van der Waals surface area contributed by atoms with Gasteiger partial charge < -0.3 is 0 Å². The van der Waals surface area contributed by atoms with Crippen molar-refractivity contribution in [1.29, 1.82) is 0 Å². The summed E-state index contributed by atoms with van der Waals surface area (Å²) in [5, 5.41) is 9.13. The summed E-state index contributed by atoms with van der Waals surface area (Å²) in [7, 11) is 0. The minimum absolute atomic E-state index is 0.0920. The minimum Gasteiger partial charge on any atom is -0.277 e. The van der Waals surface area contributed by atoms with Gasteiger partial charge in [-0.2, -0.15) is 5.10 Å². The standard InChI is InChI=1S/C21H16ClIN4O/c1-13-11-24-10-9-16(13)19-17-3-2-4-18(20(17)26-25-19)21(28)27(23)12-14-5-7-15(22)8-6-14/h2-11H,12H2,1H3,(H,25,26). The third kappa shape index (κ3) is 3.62. The molecule has 4 aromatic rings. The van der Waals surface area contributed by atoms with Crippen molar-refractivity contribution in [3.63, 3.8) is 0 Å². The molecule has 0 radical (unpaired) electrons. The van der Waals surface area contributed by atoms with Crippen LogP contribution < -0.4 is 0 Å². The maximum atomic E-state index is 13.1. The number of carbonyl (C=O) groups excluding carboxylic acids is 1. The molecule has 4 rings (SSSR count). The fourth-order valence-electron chi connectivity index (χ4n) is 3.12. The van der Waals surface area contributed by atoms with E-state index in [1.807, 2.05) is 84.5 Å². The number of aryl methyl sites for hydroxylation is 1. The first kappa shape index (κ1) is 18.9. The Balaban J connectivity index is 1.68. The number of halogens is 2. The Labute approximate surface area is 181 Å². The van der Waals surface area contributed by atoms with Crippen molar-refractivity contribution in [3.05, 3.63) is 82.6 Å². The summed E-state index contributed by atoms with van der Waals surface area (Å²) < 4.78 is 1.65. The van der Waals surface area contributed by atoms with Crippen molar-refractivity contribution in [2.24, 2.45) is 0 Å². The third-order valence-corrected chi connectivity index (χ3v) is 5.59. The van der Waals surface area contributed by atoms with Crippen LogP contribution >= 0.6 is 34.5 Å². The summed E-state index contributed by atoms with van der Waals surface area (Å²) >= 11 is 7.98. The number of aromatic nitrogens is 3. The fraction of sp³-hybridized carbons (Fsp3) is 0.0952. The second kappa shape index (κ2) is 7.89. The van der Waals surface area contributed by atoms with Gasteiger partial charge >= 0.3 is 0 Å². The van der Waals surface area contributed by atoms with Crippen molar-refractivity contribution in [2.45, 2.75) is 13.5 Å². The molecule has 1 amide bonds.